The van der Waals surface area contributed by atoms with Crippen LogP contribution in [0, 0.1) is 12.7 Å². The quantitative estimate of drug-likeness (QED) is 0.771. The van der Waals surface area contributed by atoms with Crippen molar-refractivity contribution in [3.05, 3.63) is 53.3 Å². The molecule has 0 radical (unpaired) electrons. The van der Waals surface area contributed by atoms with Crippen LogP contribution in [0.15, 0.2) is 36.4 Å². The Hall–Kier alpha value is -2.16. The van der Waals surface area contributed by atoms with Crippen LogP contribution in [0.25, 0.3) is 11.1 Å². The number of carbonyl (C=O) groups is 1. The number of aldehydes is 1. The molecule has 0 bridgehead atoms. The lowest BCUT2D eigenvalue weighted by molar-refractivity contribution is 0.112. The van der Waals surface area contributed by atoms with Crippen molar-refractivity contribution in [3.63, 3.8) is 0 Å². The second kappa shape index (κ2) is 5.00. The van der Waals surface area contributed by atoms with Gasteiger partial charge in [0.15, 0.2) is 0 Å². The molecule has 0 saturated heterocycles. The summed E-state index contributed by atoms with van der Waals surface area (Å²) in [6, 6.07) is 9.73. The van der Waals surface area contributed by atoms with Crippen LogP contribution in [0.5, 0.6) is 5.75 Å². The van der Waals surface area contributed by atoms with Gasteiger partial charge in [-0.05, 0) is 48.4 Å². The number of ether oxygens (including phenoxy) is 1. The summed E-state index contributed by atoms with van der Waals surface area (Å²) in [6.45, 7) is 1.88. The second-order valence-corrected chi connectivity index (χ2v) is 4.04. The van der Waals surface area contributed by atoms with Gasteiger partial charge in [-0.3, -0.25) is 4.79 Å². The molecule has 0 N–H and O–H groups in total. The van der Waals surface area contributed by atoms with Gasteiger partial charge >= 0.3 is 0 Å². The van der Waals surface area contributed by atoms with E-state index in [-0.39, 0.29) is 5.82 Å². The average molecular weight is 244 g/mol. The maximum atomic E-state index is 13.8. The predicted molar refractivity (Wildman–Crippen MR) is 68.5 cm³/mol. The number of hydrogen-bond acceptors (Lipinski definition) is 2. The van der Waals surface area contributed by atoms with Crippen LogP contribution >= 0.6 is 0 Å². The molecule has 0 spiro atoms. The van der Waals surface area contributed by atoms with Gasteiger partial charge in [0, 0.05) is 11.1 Å². The fraction of sp³-hybridized carbons (Fsp3) is 0.133. The van der Waals surface area contributed by atoms with Gasteiger partial charge in [-0.2, -0.15) is 0 Å². The summed E-state index contributed by atoms with van der Waals surface area (Å²) in [6.07, 6.45) is 0.710. The SMILES string of the molecule is COc1ccc(-c2cc(C=O)ccc2F)c(C)c1. The third-order valence-corrected chi connectivity index (χ3v) is 2.85. The molecule has 2 nitrogen and oxygen atoms in total. The fourth-order valence-electron chi connectivity index (χ4n) is 1.89. The smallest absolute Gasteiger partial charge is 0.150 e. The van der Waals surface area contributed by atoms with Crippen LogP contribution in [-0.4, -0.2) is 13.4 Å². The number of rotatable bonds is 3. The highest BCUT2D eigenvalue weighted by Gasteiger charge is 2.09. The number of halogens is 1. The van der Waals surface area contributed by atoms with Crippen molar-refractivity contribution in [1.82, 2.24) is 0 Å². The van der Waals surface area contributed by atoms with E-state index in [1.807, 2.05) is 13.0 Å². The van der Waals surface area contributed by atoms with E-state index in [1.165, 1.54) is 12.1 Å². The van der Waals surface area contributed by atoms with Crippen molar-refractivity contribution in [2.75, 3.05) is 7.11 Å². The van der Waals surface area contributed by atoms with Crippen LogP contribution in [0.4, 0.5) is 4.39 Å². The van der Waals surface area contributed by atoms with Crippen LogP contribution < -0.4 is 4.74 Å². The van der Waals surface area contributed by atoms with Gasteiger partial charge in [0.2, 0.25) is 0 Å². The van der Waals surface area contributed by atoms with Crippen LogP contribution in [0.3, 0.4) is 0 Å². The Kier molecular flexibility index (Phi) is 3.42. The molecular weight excluding hydrogens is 231 g/mol. The molecule has 2 aromatic carbocycles. The molecule has 0 atom stereocenters. The Bertz CT molecular complexity index is 591. The van der Waals surface area contributed by atoms with Crippen molar-refractivity contribution in [2.45, 2.75) is 6.92 Å². The zero-order chi connectivity index (χ0) is 13.1. The number of benzene rings is 2. The molecule has 0 aliphatic rings. The molecule has 0 aromatic heterocycles. The number of methoxy groups -OCH3 is 1. The zero-order valence-electron chi connectivity index (χ0n) is 10.2. The van der Waals surface area contributed by atoms with Gasteiger partial charge < -0.3 is 4.74 Å². The van der Waals surface area contributed by atoms with E-state index in [9.17, 15) is 9.18 Å². The maximum absolute atomic E-state index is 13.8. The largest absolute Gasteiger partial charge is 0.497 e. The molecule has 92 valence electrons. The molecule has 0 aliphatic heterocycles. The number of carbonyl (C=O) groups excluding carboxylic acids is 1. The molecule has 0 heterocycles. The van der Waals surface area contributed by atoms with Gasteiger partial charge in [0.05, 0.1) is 7.11 Å². The van der Waals surface area contributed by atoms with Crippen LogP contribution in [-0.2, 0) is 0 Å². The monoisotopic (exact) mass is 244 g/mol. The Morgan fingerprint density at radius 2 is 1.89 bits per heavy atom. The van der Waals surface area contributed by atoms with Crippen LogP contribution in [0.2, 0.25) is 0 Å². The first kappa shape index (κ1) is 12.3. The summed E-state index contributed by atoms with van der Waals surface area (Å²) < 4.78 is 18.9. The minimum Gasteiger partial charge on any atom is -0.497 e. The van der Waals surface area contributed by atoms with E-state index in [0.29, 0.717) is 17.4 Å². The Morgan fingerprint density at radius 1 is 1.11 bits per heavy atom. The lowest BCUT2D eigenvalue weighted by Gasteiger charge is -2.09. The van der Waals surface area contributed by atoms with Crippen molar-refractivity contribution in [1.29, 1.82) is 0 Å². The van der Waals surface area contributed by atoms with E-state index >= 15 is 0 Å². The van der Waals surface area contributed by atoms with E-state index in [2.05, 4.69) is 0 Å². The van der Waals surface area contributed by atoms with Crippen LogP contribution in [0.1, 0.15) is 15.9 Å². The highest BCUT2D eigenvalue weighted by atomic mass is 19.1. The Balaban J connectivity index is 2.57. The molecule has 0 fully saturated rings. The van der Waals surface area contributed by atoms with E-state index in [1.54, 1.807) is 25.3 Å². The molecule has 3 heteroatoms. The second-order valence-electron chi connectivity index (χ2n) is 4.04. The molecule has 2 aromatic rings. The van der Waals surface area contributed by atoms with Crippen molar-refractivity contribution in [3.8, 4) is 16.9 Å². The Morgan fingerprint density at radius 3 is 2.50 bits per heavy atom. The molecule has 0 amide bonds. The van der Waals surface area contributed by atoms with Gasteiger partial charge in [-0.25, -0.2) is 4.39 Å². The highest BCUT2D eigenvalue weighted by Crippen LogP contribution is 2.29. The van der Waals surface area contributed by atoms with Gasteiger partial charge in [0.1, 0.15) is 17.9 Å². The van der Waals surface area contributed by atoms with Crippen molar-refractivity contribution >= 4 is 6.29 Å². The standard InChI is InChI=1S/C15H13FO2/c1-10-7-12(18-2)4-5-13(10)14-8-11(9-17)3-6-15(14)16/h3-9H,1-2H3. The summed E-state index contributed by atoms with van der Waals surface area (Å²) in [5, 5.41) is 0. The predicted octanol–water partition coefficient (Wildman–Crippen LogP) is 3.62. The first-order valence-electron chi connectivity index (χ1n) is 5.55. The normalized spacial score (nSPS) is 10.2. The molecule has 0 unspecified atom stereocenters. The third-order valence-electron chi connectivity index (χ3n) is 2.85. The third kappa shape index (κ3) is 2.25. The average Bonchev–Trinajstić information content (AvgIpc) is 2.39. The van der Waals surface area contributed by atoms with E-state index in [4.69, 9.17) is 4.74 Å². The lowest BCUT2D eigenvalue weighted by Crippen LogP contribution is -1.92. The highest BCUT2D eigenvalue weighted by molar-refractivity contribution is 5.80. The van der Waals surface area contributed by atoms with Gasteiger partial charge in [-0.15, -0.1) is 0 Å². The zero-order valence-corrected chi connectivity index (χ0v) is 10.2. The maximum Gasteiger partial charge on any atom is 0.150 e. The topological polar surface area (TPSA) is 26.3 Å². The summed E-state index contributed by atoms with van der Waals surface area (Å²) in [5.74, 6) is 0.386. The van der Waals surface area contributed by atoms with Crippen molar-refractivity contribution < 1.29 is 13.9 Å². The molecule has 0 aliphatic carbocycles. The molecule has 2 rings (SSSR count). The first-order chi connectivity index (χ1) is 8.65. The first-order valence-corrected chi connectivity index (χ1v) is 5.55. The van der Waals surface area contributed by atoms with Gasteiger partial charge in [0.25, 0.3) is 0 Å². The summed E-state index contributed by atoms with van der Waals surface area (Å²) in [4.78, 5) is 10.7. The summed E-state index contributed by atoms with van der Waals surface area (Å²) >= 11 is 0. The van der Waals surface area contributed by atoms with E-state index in [0.717, 1.165) is 16.9 Å². The minimum atomic E-state index is -0.339. The van der Waals surface area contributed by atoms with Crippen molar-refractivity contribution in [2.24, 2.45) is 0 Å². The molecule has 18 heavy (non-hydrogen) atoms. The number of aryl methyl sites for hydroxylation is 1. The summed E-state index contributed by atoms with van der Waals surface area (Å²) in [5.41, 5.74) is 2.55. The van der Waals surface area contributed by atoms with E-state index < -0.39 is 0 Å². The molecular formula is C15H13FO2. The number of hydrogen-bond donors (Lipinski definition) is 0. The van der Waals surface area contributed by atoms with Gasteiger partial charge in [-0.1, -0.05) is 6.07 Å². The Labute approximate surface area is 105 Å². The summed E-state index contributed by atoms with van der Waals surface area (Å²) in [7, 11) is 1.59. The molecule has 0 saturated carbocycles. The fourth-order valence-corrected chi connectivity index (χ4v) is 1.89. The minimum absolute atomic E-state index is 0.339. The lowest BCUT2D eigenvalue weighted by atomic mass is 9.98.